The maximum atomic E-state index is 13.0. The summed E-state index contributed by atoms with van der Waals surface area (Å²) in [6.45, 7) is 6.49. The van der Waals surface area contributed by atoms with Crippen LogP contribution in [0.15, 0.2) is 30.3 Å². The van der Waals surface area contributed by atoms with Crippen LogP contribution in [0.2, 0.25) is 0 Å². The van der Waals surface area contributed by atoms with E-state index in [2.05, 4.69) is 41.0 Å². The summed E-state index contributed by atoms with van der Waals surface area (Å²) >= 11 is 0. The molecular weight excluding hydrogens is 386 g/mol. The smallest absolute Gasteiger partial charge is 0.236 e. The lowest BCUT2D eigenvalue weighted by Crippen LogP contribution is -2.54. The van der Waals surface area contributed by atoms with Gasteiger partial charge < -0.3 is 4.90 Å². The molecule has 2 heterocycles. The average molecular weight is 420 g/mol. The molecule has 3 fully saturated rings. The summed E-state index contributed by atoms with van der Waals surface area (Å²) in [5.74, 6) is 1.51. The first-order chi connectivity index (χ1) is 13.9. The summed E-state index contributed by atoms with van der Waals surface area (Å²) in [5, 5.41) is 0. The van der Waals surface area contributed by atoms with Gasteiger partial charge in [0.25, 0.3) is 0 Å². The monoisotopic (exact) mass is 419 g/mol. The molecule has 160 valence electrons. The number of rotatable bonds is 7. The molecule has 7 heteroatoms. The average Bonchev–Trinajstić information content (AvgIpc) is 3.50. The molecule has 2 atom stereocenters. The number of carbonyl (C=O) groups excluding carboxylic acids is 1. The second-order valence-corrected chi connectivity index (χ2v) is 11.2. The number of hydrogen-bond acceptors (Lipinski definition) is 5. The van der Waals surface area contributed by atoms with Gasteiger partial charge in [-0.25, -0.2) is 8.42 Å². The highest BCUT2D eigenvalue weighted by molar-refractivity contribution is 7.91. The highest BCUT2D eigenvalue weighted by Crippen LogP contribution is 2.35. The quantitative estimate of drug-likeness (QED) is 0.672. The highest BCUT2D eigenvalue weighted by atomic mass is 32.2. The summed E-state index contributed by atoms with van der Waals surface area (Å²) in [6.07, 6.45) is 3.27. The van der Waals surface area contributed by atoms with Gasteiger partial charge in [0.15, 0.2) is 9.84 Å². The minimum Gasteiger partial charge on any atom is -0.339 e. The standard InChI is InChI=1S/C22H33N3O3S/c1-18(20-7-8-20)25(15-19-5-3-2-4-6-19)16-22(26)24-12-10-23(11-13-24)21-9-14-29(27,28)17-21/h2-6,18,20-21H,7-17H2,1H3. The molecule has 2 saturated heterocycles. The van der Waals surface area contributed by atoms with Crippen molar-refractivity contribution in [1.82, 2.24) is 14.7 Å². The van der Waals surface area contributed by atoms with Crippen LogP contribution in [0.1, 0.15) is 31.7 Å². The van der Waals surface area contributed by atoms with Crippen molar-refractivity contribution in [2.75, 3.05) is 44.2 Å². The molecule has 0 radical (unpaired) electrons. The van der Waals surface area contributed by atoms with Crippen LogP contribution in [0, 0.1) is 5.92 Å². The van der Waals surface area contributed by atoms with Crippen LogP contribution in [0.25, 0.3) is 0 Å². The SMILES string of the molecule is CC(C1CC1)N(CC(=O)N1CCN(C2CCS(=O)(=O)C2)CC1)Cc1ccccc1. The van der Waals surface area contributed by atoms with Gasteiger partial charge in [0.05, 0.1) is 18.1 Å². The number of piperazine rings is 1. The van der Waals surface area contributed by atoms with E-state index in [0.717, 1.165) is 26.1 Å². The highest BCUT2D eigenvalue weighted by Gasteiger charge is 2.36. The Balaban J connectivity index is 1.32. The van der Waals surface area contributed by atoms with Gasteiger partial charge in [0.1, 0.15) is 0 Å². The fourth-order valence-corrected chi connectivity index (χ4v) is 6.47. The lowest BCUT2D eigenvalue weighted by molar-refractivity contribution is -0.135. The largest absolute Gasteiger partial charge is 0.339 e. The summed E-state index contributed by atoms with van der Waals surface area (Å²) < 4.78 is 23.5. The normalized spacial score (nSPS) is 26.0. The predicted molar refractivity (Wildman–Crippen MR) is 114 cm³/mol. The Hall–Kier alpha value is -1.44. The molecular formula is C22H33N3O3S. The molecule has 1 saturated carbocycles. The lowest BCUT2D eigenvalue weighted by atomic mass is 10.1. The number of nitrogens with zero attached hydrogens (tertiary/aromatic N) is 3. The molecule has 0 aromatic heterocycles. The number of sulfone groups is 1. The van der Waals surface area contributed by atoms with E-state index in [-0.39, 0.29) is 17.7 Å². The van der Waals surface area contributed by atoms with Gasteiger partial charge in [-0.3, -0.25) is 14.6 Å². The van der Waals surface area contributed by atoms with Crippen molar-refractivity contribution < 1.29 is 13.2 Å². The molecule has 2 aliphatic heterocycles. The van der Waals surface area contributed by atoms with E-state index in [1.807, 2.05) is 11.0 Å². The van der Waals surface area contributed by atoms with Gasteiger partial charge in [-0.2, -0.15) is 0 Å². The van der Waals surface area contributed by atoms with Gasteiger partial charge in [-0.15, -0.1) is 0 Å². The van der Waals surface area contributed by atoms with Crippen LogP contribution in [0.5, 0.6) is 0 Å². The van der Waals surface area contributed by atoms with Crippen molar-refractivity contribution in [3.05, 3.63) is 35.9 Å². The van der Waals surface area contributed by atoms with E-state index in [1.165, 1.54) is 18.4 Å². The van der Waals surface area contributed by atoms with Crippen molar-refractivity contribution in [2.45, 2.75) is 44.8 Å². The molecule has 29 heavy (non-hydrogen) atoms. The van der Waals surface area contributed by atoms with Crippen molar-refractivity contribution >= 4 is 15.7 Å². The van der Waals surface area contributed by atoms with Crippen molar-refractivity contribution in [3.63, 3.8) is 0 Å². The number of amides is 1. The fourth-order valence-electron chi connectivity index (χ4n) is 4.71. The third kappa shape index (κ3) is 5.38. The summed E-state index contributed by atoms with van der Waals surface area (Å²) in [5.41, 5.74) is 1.25. The Morgan fingerprint density at radius 2 is 1.79 bits per heavy atom. The van der Waals surface area contributed by atoms with Gasteiger partial charge >= 0.3 is 0 Å². The number of benzene rings is 1. The Morgan fingerprint density at radius 1 is 1.10 bits per heavy atom. The number of carbonyl (C=O) groups is 1. The van der Waals surface area contributed by atoms with E-state index >= 15 is 0 Å². The minimum absolute atomic E-state index is 0.140. The van der Waals surface area contributed by atoms with E-state index in [0.29, 0.717) is 37.3 Å². The van der Waals surface area contributed by atoms with Crippen LogP contribution in [-0.4, -0.2) is 85.3 Å². The third-order valence-electron chi connectivity index (χ3n) is 6.84. The van der Waals surface area contributed by atoms with Crippen LogP contribution < -0.4 is 0 Å². The zero-order valence-electron chi connectivity index (χ0n) is 17.4. The summed E-state index contributed by atoms with van der Waals surface area (Å²) in [4.78, 5) is 19.6. The Morgan fingerprint density at radius 3 is 2.38 bits per heavy atom. The molecule has 3 aliphatic rings. The fraction of sp³-hybridized carbons (Fsp3) is 0.682. The molecule has 0 bridgehead atoms. The minimum atomic E-state index is -2.86. The molecule has 1 amide bonds. The first-order valence-electron chi connectivity index (χ1n) is 10.9. The second kappa shape index (κ2) is 8.74. The van der Waals surface area contributed by atoms with E-state index < -0.39 is 9.84 Å². The van der Waals surface area contributed by atoms with Crippen LogP contribution >= 0.6 is 0 Å². The molecule has 6 nitrogen and oxygen atoms in total. The topological polar surface area (TPSA) is 60.9 Å². The van der Waals surface area contributed by atoms with Crippen LogP contribution in [0.4, 0.5) is 0 Å². The maximum Gasteiger partial charge on any atom is 0.236 e. The van der Waals surface area contributed by atoms with Gasteiger partial charge in [0, 0.05) is 44.8 Å². The Labute approximate surface area is 174 Å². The first kappa shape index (κ1) is 20.8. The van der Waals surface area contributed by atoms with E-state index in [4.69, 9.17) is 0 Å². The van der Waals surface area contributed by atoms with Gasteiger partial charge in [0.2, 0.25) is 5.91 Å². The Kier molecular flexibility index (Phi) is 6.27. The molecule has 1 aromatic carbocycles. The predicted octanol–water partition coefficient (Wildman–Crippen LogP) is 1.62. The molecule has 0 spiro atoms. The molecule has 2 unspecified atom stereocenters. The van der Waals surface area contributed by atoms with Gasteiger partial charge in [-0.1, -0.05) is 30.3 Å². The zero-order chi connectivity index (χ0) is 20.4. The third-order valence-corrected chi connectivity index (χ3v) is 8.59. The van der Waals surface area contributed by atoms with E-state index in [9.17, 15) is 13.2 Å². The van der Waals surface area contributed by atoms with Crippen LogP contribution in [-0.2, 0) is 21.2 Å². The molecule has 0 N–H and O–H groups in total. The first-order valence-corrected chi connectivity index (χ1v) is 12.7. The number of hydrogen-bond donors (Lipinski definition) is 0. The van der Waals surface area contributed by atoms with Crippen molar-refractivity contribution in [1.29, 1.82) is 0 Å². The zero-order valence-corrected chi connectivity index (χ0v) is 18.2. The van der Waals surface area contributed by atoms with Crippen molar-refractivity contribution in [3.8, 4) is 0 Å². The molecule has 4 rings (SSSR count). The Bertz CT molecular complexity index is 802. The summed E-state index contributed by atoms with van der Waals surface area (Å²) in [6, 6.07) is 11.0. The van der Waals surface area contributed by atoms with Gasteiger partial charge in [-0.05, 0) is 37.7 Å². The molecule has 1 aromatic rings. The summed E-state index contributed by atoms with van der Waals surface area (Å²) in [7, 11) is -2.86. The lowest BCUT2D eigenvalue weighted by Gasteiger charge is -2.39. The second-order valence-electron chi connectivity index (χ2n) is 8.94. The van der Waals surface area contributed by atoms with Crippen LogP contribution in [0.3, 0.4) is 0 Å². The van der Waals surface area contributed by atoms with E-state index in [1.54, 1.807) is 0 Å². The van der Waals surface area contributed by atoms with Crippen molar-refractivity contribution in [2.24, 2.45) is 5.92 Å². The molecule has 1 aliphatic carbocycles. The maximum absolute atomic E-state index is 13.0.